The number of amides is 1. The van der Waals surface area contributed by atoms with Crippen LogP contribution in [0.1, 0.15) is 49.6 Å². The number of benzene rings is 1. The van der Waals surface area contributed by atoms with Gasteiger partial charge in [-0.1, -0.05) is 43.3 Å². The predicted molar refractivity (Wildman–Crippen MR) is 86.8 cm³/mol. The maximum absolute atomic E-state index is 11.7. The molecule has 2 heterocycles. The molecule has 0 spiro atoms. The van der Waals surface area contributed by atoms with Crippen LogP contribution in [-0.4, -0.2) is 27.5 Å². The SMILES string of the molecule is CC(C)c1noc(NCc2cccc(CN3CCCC3=O)c2)n1. The fraction of sp³-hybridized carbons (Fsp3) is 0.471. The number of likely N-dealkylation sites (tertiary alicyclic amines) is 1. The van der Waals surface area contributed by atoms with E-state index in [4.69, 9.17) is 4.52 Å². The van der Waals surface area contributed by atoms with Crippen molar-refractivity contribution in [3.05, 3.63) is 41.2 Å². The van der Waals surface area contributed by atoms with Crippen LogP contribution in [0, 0.1) is 0 Å². The van der Waals surface area contributed by atoms with Gasteiger partial charge >= 0.3 is 6.01 Å². The van der Waals surface area contributed by atoms with E-state index in [1.54, 1.807) is 0 Å². The van der Waals surface area contributed by atoms with Crippen LogP contribution >= 0.6 is 0 Å². The van der Waals surface area contributed by atoms with Gasteiger partial charge in [0.05, 0.1) is 0 Å². The molecule has 1 aromatic carbocycles. The van der Waals surface area contributed by atoms with Gasteiger partial charge < -0.3 is 14.7 Å². The quantitative estimate of drug-likeness (QED) is 0.887. The Morgan fingerprint density at radius 2 is 2.17 bits per heavy atom. The average molecular weight is 314 g/mol. The van der Waals surface area contributed by atoms with E-state index in [0.717, 1.165) is 24.1 Å². The first-order valence-electron chi connectivity index (χ1n) is 8.05. The number of hydrogen-bond donors (Lipinski definition) is 1. The molecule has 1 saturated heterocycles. The van der Waals surface area contributed by atoms with Crippen molar-refractivity contribution in [2.24, 2.45) is 0 Å². The normalized spacial score (nSPS) is 14.7. The maximum Gasteiger partial charge on any atom is 0.321 e. The van der Waals surface area contributed by atoms with E-state index in [0.29, 0.717) is 31.3 Å². The highest BCUT2D eigenvalue weighted by atomic mass is 16.5. The van der Waals surface area contributed by atoms with Crippen LogP contribution in [0.25, 0.3) is 0 Å². The second kappa shape index (κ2) is 6.81. The van der Waals surface area contributed by atoms with Gasteiger partial charge in [0.2, 0.25) is 5.91 Å². The van der Waals surface area contributed by atoms with Crippen molar-refractivity contribution in [1.82, 2.24) is 15.0 Å². The third-order valence-corrected chi connectivity index (χ3v) is 3.94. The number of anilines is 1. The lowest BCUT2D eigenvalue weighted by molar-refractivity contribution is -0.128. The number of carbonyl (C=O) groups is 1. The fourth-order valence-electron chi connectivity index (χ4n) is 2.65. The van der Waals surface area contributed by atoms with E-state index in [-0.39, 0.29) is 11.8 Å². The number of carbonyl (C=O) groups excluding carboxylic acids is 1. The Balaban J connectivity index is 1.59. The first-order chi connectivity index (χ1) is 11.1. The van der Waals surface area contributed by atoms with E-state index in [9.17, 15) is 4.79 Å². The molecule has 1 aliphatic rings. The average Bonchev–Trinajstić information content (AvgIpc) is 3.16. The summed E-state index contributed by atoms with van der Waals surface area (Å²) in [6.45, 7) is 6.21. The summed E-state index contributed by atoms with van der Waals surface area (Å²) in [7, 11) is 0. The summed E-state index contributed by atoms with van der Waals surface area (Å²) in [5, 5.41) is 7.07. The van der Waals surface area contributed by atoms with Crippen LogP contribution in [0.3, 0.4) is 0 Å². The van der Waals surface area contributed by atoms with Gasteiger partial charge in [-0.05, 0) is 17.5 Å². The highest BCUT2D eigenvalue weighted by molar-refractivity contribution is 5.78. The third-order valence-electron chi connectivity index (χ3n) is 3.94. The van der Waals surface area contributed by atoms with Gasteiger partial charge in [0.15, 0.2) is 5.82 Å². The molecule has 122 valence electrons. The lowest BCUT2D eigenvalue weighted by Gasteiger charge is -2.16. The van der Waals surface area contributed by atoms with Crippen LogP contribution in [0.5, 0.6) is 0 Å². The molecule has 0 aliphatic carbocycles. The predicted octanol–water partition coefficient (Wildman–Crippen LogP) is 2.93. The summed E-state index contributed by atoms with van der Waals surface area (Å²) in [5.41, 5.74) is 2.27. The monoisotopic (exact) mass is 314 g/mol. The Bertz CT molecular complexity index is 681. The summed E-state index contributed by atoms with van der Waals surface area (Å²) < 4.78 is 5.17. The first kappa shape index (κ1) is 15.5. The smallest absolute Gasteiger partial charge is 0.321 e. The number of rotatable bonds is 6. The Hall–Kier alpha value is -2.37. The van der Waals surface area contributed by atoms with Gasteiger partial charge in [0, 0.05) is 32.0 Å². The molecule has 3 rings (SSSR count). The molecule has 0 unspecified atom stereocenters. The van der Waals surface area contributed by atoms with E-state index in [1.165, 1.54) is 0 Å². The molecule has 1 aromatic heterocycles. The van der Waals surface area contributed by atoms with Crippen molar-refractivity contribution in [2.75, 3.05) is 11.9 Å². The zero-order valence-corrected chi connectivity index (χ0v) is 13.6. The molecule has 6 nitrogen and oxygen atoms in total. The van der Waals surface area contributed by atoms with E-state index < -0.39 is 0 Å². The zero-order chi connectivity index (χ0) is 16.2. The largest absolute Gasteiger partial charge is 0.338 e. The molecular weight excluding hydrogens is 292 g/mol. The molecule has 0 atom stereocenters. The fourth-order valence-corrected chi connectivity index (χ4v) is 2.65. The van der Waals surface area contributed by atoms with Gasteiger partial charge in [-0.15, -0.1) is 0 Å². The number of nitrogens with zero attached hydrogens (tertiary/aromatic N) is 3. The molecule has 1 amide bonds. The van der Waals surface area contributed by atoms with Gasteiger partial charge in [-0.25, -0.2) is 0 Å². The second-order valence-electron chi connectivity index (χ2n) is 6.20. The van der Waals surface area contributed by atoms with Crippen LogP contribution in [-0.2, 0) is 17.9 Å². The molecule has 2 aromatic rings. The summed E-state index contributed by atoms with van der Waals surface area (Å²) in [6.07, 6.45) is 1.64. The number of hydrogen-bond acceptors (Lipinski definition) is 5. The lowest BCUT2D eigenvalue weighted by Crippen LogP contribution is -2.23. The van der Waals surface area contributed by atoms with E-state index in [2.05, 4.69) is 27.6 Å². The minimum absolute atomic E-state index is 0.246. The Morgan fingerprint density at radius 1 is 1.35 bits per heavy atom. The standard InChI is InChI=1S/C17H22N4O2/c1-12(2)16-19-17(23-20-16)18-10-13-5-3-6-14(9-13)11-21-8-4-7-15(21)22/h3,5-6,9,12H,4,7-8,10-11H2,1-2H3,(H,18,19,20). The van der Waals surface area contributed by atoms with Gasteiger partial charge in [-0.3, -0.25) is 4.79 Å². The molecule has 0 saturated carbocycles. The number of nitrogens with one attached hydrogen (secondary N) is 1. The Morgan fingerprint density at radius 3 is 2.87 bits per heavy atom. The van der Waals surface area contributed by atoms with Gasteiger partial charge in [0.25, 0.3) is 0 Å². The Labute approximate surface area is 135 Å². The van der Waals surface area contributed by atoms with Crippen LogP contribution in [0.2, 0.25) is 0 Å². The van der Waals surface area contributed by atoms with E-state index in [1.807, 2.05) is 30.9 Å². The van der Waals surface area contributed by atoms with Crippen LogP contribution < -0.4 is 5.32 Å². The third kappa shape index (κ3) is 3.88. The zero-order valence-electron chi connectivity index (χ0n) is 13.6. The molecule has 0 bridgehead atoms. The molecule has 0 radical (unpaired) electrons. The van der Waals surface area contributed by atoms with Crippen molar-refractivity contribution < 1.29 is 9.32 Å². The molecule has 1 N–H and O–H groups in total. The minimum Gasteiger partial charge on any atom is -0.338 e. The van der Waals surface area contributed by atoms with Crippen LogP contribution in [0.15, 0.2) is 28.8 Å². The molecule has 23 heavy (non-hydrogen) atoms. The highest BCUT2D eigenvalue weighted by Gasteiger charge is 2.19. The molecular formula is C17H22N4O2. The summed E-state index contributed by atoms with van der Waals surface area (Å²) >= 11 is 0. The van der Waals surface area contributed by atoms with Crippen molar-refractivity contribution in [3.63, 3.8) is 0 Å². The minimum atomic E-state index is 0.246. The molecule has 1 fully saturated rings. The molecule has 1 aliphatic heterocycles. The summed E-state index contributed by atoms with van der Waals surface area (Å²) in [4.78, 5) is 17.9. The maximum atomic E-state index is 11.7. The highest BCUT2D eigenvalue weighted by Crippen LogP contribution is 2.16. The van der Waals surface area contributed by atoms with Crippen molar-refractivity contribution in [1.29, 1.82) is 0 Å². The van der Waals surface area contributed by atoms with Gasteiger partial charge in [-0.2, -0.15) is 4.98 Å². The number of aromatic nitrogens is 2. The van der Waals surface area contributed by atoms with E-state index >= 15 is 0 Å². The molecule has 6 heteroatoms. The lowest BCUT2D eigenvalue weighted by atomic mass is 10.1. The van der Waals surface area contributed by atoms with Crippen LogP contribution in [0.4, 0.5) is 6.01 Å². The van der Waals surface area contributed by atoms with Crippen molar-refractivity contribution in [2.45, 2.75) is 45.7 Å². The van der Waals surface area contributed by atoms with Gasteiger partial charge in [0.1, 0.15) is 0 Å². The summed E-state index contributed by atoms with van der Waals surface area (Å²) in [5.74, 6) is 1.20. The topological polar surface area (TPSA) is 71.3 Å². The first-order valence-corrected chi connectivity index (χ1v) is 8.05. The second-order valence-corrected chi connectivity index (χ2v) is 6.20. The Kier molecular flexibility index (Phi) is 4.60. The van der Waals surface area contributed by atoms with Crippen molar-refractivity contribution in [3.8, 4) is 0 Å². The summed E-state index contributed by atoms with van der Waals surface area (Å²) in [6, 6.07) is 8.66. The van der Waals surface area contributed by atoms with Crippen molar-refractivity contribution >= 4 is 11.9 Å².